The van der Waals surface area contributed by atoms with Crippen LogP contribution in [-0.2, 0) is 4.79 Å². The minimum atomic E-state index is -0.921. The Bertz CT molecular complexity index is 338. The molecule has 0 radical (unpaired) electrons. The van der Waals surface area contributed by atoms with Gasteiger partial charge >= 0.3 is 5.97 Å². The molecule has 0 fully saturated rings. The first-order valence-electron chi connectivity index (χ1n) is 4.33. The topological polar surface area (TPSA) is 62.0 Å². The molecule has 82 valence electrons. The number of aliphatic imine (C=N–C) groups is 2. The minimum Gasteiger partial charge on any atom is -0.477 e. The Kier molecular flexibility index (Phi) is 5.94. The van der Waals surface area contributed by atoms with Crippen LogP contribution in [0.25, 0.3) is 0 Å². The molecule has 4 heteroatoms. The molecule has 0 amide bonds. The van der Waals surface area contributed by atoms with Crippen molar-refractivity contribution in [3.8, 4) is 0 Å². The average molecular weight is 208 g/mol. The van der Waals surface area contributed by atoms with E-state index in [0.29, 0.717) is 6.42 Å². The van der Waals surface area contributed by atoms with Crippen molar-refractivity contribution in [3.05, 3.63) is 24.6 Å². The van der Waals surface area contributed by atoms with Crippen molar-refractivity contribution in [2.45, 2.75) is 27.2 Å². The Morgan fingerprint density at radius 3 is 2.07 bits per heavy atom. The Hall–Kier alpha value is -1.71. The van der Waals surface area contributed by atoms with Crippen LogP contribution in [0.1, 0.15) is 27.2 Å². The Balaban J connectivity index is 0.000000253. The number of nitrogens with zero attached hydrogens (tertiary/aromatic N) is 2. The zero-order valence-corrected chi connectivity index (χ0v) is 7.97. The van der Waals surface area contributed by atoms with Crippen molar-refractivity contribution in [3.63, 3.8) is 0 Å². The molecule has 0 saturated heterocycles. The molecule has 2 aliphatic heterocycles. The molecule has 0 aromatic carbocycles. The molecule has 0 unspecified atom stereocenters. The van der Waals surface area contributed by atoms with Crippen LogP contribution in [0.15, 0.2) is 34.5 Å². The molecule has 0 atom stereocenters. The summed E-state index contributed by atoms with van der Waals surface area (Å²) in [7, 11) is 0. The molecule has 4 nitrogen and oxygen atoms in total. The van der Waals surface area contributed by atoms with Crippen molar-refractivity contribution in [1.29, 1.82) is 0 Å². The first-order valence-corrected chi connectivity index (χ1v) is 4.33. The highest BCUT2D eigenvalue weighted by Gasteiger charge is 2.08. The number of carboxylic acid groups (broad SMARTS) is 1. The second-order valence-corrected chi connectivity index (χ2v) is 2.92. The minimum absolute atomic E-state index is 0. The van der Waals surface area contributed by atoms with Crippen LogP contribution < -0.4 is 0 Å². The molecular weight excluding hydrogens is 192 g/mol. The normalized spacial score (nSPS) is 16.1. The molecule has 0 saturated carbocycles. The summed E-state index contributed by atoms with van der Waals surface area (Å²) in [6.07, 6.45) is 8.63. The summed E-state index contributed by atoms with van der Waals surface area (Å²) in [5.74, 6) is -0.921. The third-order valence-corrected chi connectivity index (χ3v) is 1.71. The zero-order chi connectivity index (χ0) is 10.4. The third kappa shape index (κ3) is 4.90. The van der Waals surface area contributed by atoms with Crippen LogP contribution in [0.2, 0.25) is 0 Å². The first kappa shape index (κ1) is 13.3. The molecule has 0 spiro atoms. The van der Waals surface area contributed by atoms with E-state index in [4.69, 9.17) is 5.11 Å². The lowest BCUT2D eigenvalue weighted by Gasteiger charge is -1.84. The largest absolute Gasteiger partial charge is 0.477 e. The van der Waals surface area contributed by atoms with Gasteiger partial charge in [-0.2, -0.15) is 0 Å². The van der Waals surface area contributed by atoms with Crippen molar-refractivity contribution >= 4 is 17.4 Å². The smallest absolute Gasteiger partial charge is 0.350 e. The fraction of sp³-hybridized carbons (Fsp3) is 0.364. The summed E-state index contributed by atoms with van der Waals surface area (Å²) < 4.78 is 0. The molecular formula is C11H16N2O2. The van der Waals surface area contributed by atoms with E-state index in [-0.39, 0.29) is 13.1 Å². The molecule has 15 heavy (non-hydrogen) atoms. The molecule has 2 rings (SSSR count). The summed E-state index contributed by atoms with van der Waals surface area (Å²) in [4.78, 5) is 17.6. The maximum absolute atomic E-state index is 10.0. The van der Waals surface area contributed by atoms with Gasteiger partial charge in [0.15, 0.2) is 0 Å². The average Bonchev–Trinajstić information content (AvgIpc) is 2.75. The second kappa shape index (κ2) is 6.70. The number of allylic oxidation sites excluding steroid dienone is 2. The lowest BCUT2D eigenvalue weighted by atomic mass is 10.3. The van der Waals surface area contributed by atoms with Gasteiger partial charge in [-0.05, 0) is 6.92 Å². The van der Waals surface area contributed by atoms with E-state index in [1.165, 1.54) is 11.9 Å². The lowest BCUT2D eigenvalue weighted by Crippen LogP contribution is -2.08. The Labute approximate surface area is 89.8 Å². The van der Waals surface area contributed by atoms with Crippen molar-refractivity contribution in [2.24, 2.45) is 9.98 Å². The summed E-state index contributed by atoms with van der Waals surface area (Å²) >= 11 is 0. The molecule has 0 aromatic rings. The molecule has 2 heterocycles. The van der Waals surface area contributed by atoms with E-state index < -0.39 is 5.97 Å². The monoisotopic (exact) mass is 208 g/mol. The van der Waals surface area contributed by atoms with Gasteiger partial charge < -0.3 is 5.11 Å². The van der Waals surface area contributed by atoms with E-state index in [0.717, 1.165) is 6.42 Å². The summed E-state index contributed by atoms with van der Waals surface area (Å²) in [5, 5.41) is 8.24. The van der Waals surface area contributed by atoms with E-state index in [1.807, 2.05) is 13.1 Å². The standard InChI is InChI=1S/C5H5NO2.C5H7N.CH4/c7-5(8)4-2-1-3-6-4;1-5-3-2-4-6-5;/h1,3H,2H2,(H,7,8);2,4H,3H2,1H3;1H4. The van der Waals surface area contributed by atoms with Crippen LogP contribution >= 0.6 is 0 Å². The second-order valence-electron chi connectivity index (χ2n) is 2.92. The first-order chi connectivity index (χ1) is 6.70. The van der Waals surface area contributed by atoms with Gasteiger partial charge in [0.05, 0.1) is 0 Å². The lowest BCUT2D eigenvalue weighted by molar-refractivity contribution is -0.129. The fourth-order valence-corrected chi connectivity index (χ4v) is 0.958. The van der Waals surface area contributed by atoms with Gasteiger partial charge in [0, 0.05) is 31.0 Å². The van der Waals surface area contributed by atoms with Crippen LogP contribution in [-0.4, -0.2) is 22.5 Å². The van der Waals surface area contributed by atoms with E-state index in [2.05, 4.69) is 16.1 Å². The zero-order valence-electron chi connectivity index (χ0n) is 7.97. The summed E-state index contributed by atoms with van der Waals surface area (Å²) in [6, 6.07) is 0. The predicted octanol–water partition coefficient (Wildman–Crippen LogP) is 2.43. The van der Waals surface area contributed by atoms with Gasteiger partial charge in [-0.3, -0.25) is 9.98 Å². The van der Waals surface area contributed by atoms with Crippen LogP contribution in [0.3, 0.4) is 0 Å². The maximum Gasteiger partial charge on any atom is 0.350 e. The third-order valence-electron chi connectivity index (χ3n) is 1.71. The predicted molar refractivity (Wildman–Crippen MR) is 62.4 cm³/mol. The van der Waals surface area contributed by atoms with Crippen molar-refractivity contribution < 1.29 is 9.90 Å². The quantitative estimate of drug-likeness (QED) is 0.719. The number of aliphatic carboxylic acids is 1. The maximum atomic E-state index is 10.0. The molecule has 0 aromatic heterocycles. The van der Waals surface area contributed by atoms with Crippen molar-refractivity contribution in [1.82, 2.24) is 0 Å². The highest BCUT2D eigenvalue weighted by atomic mass is 16.4. The molecule has 2 aliphatic rings. The molecule has 0 aliphatic carbocycles. The van der Waals surface area contributed by atoms with Gasteiger partial charge in [0.2, 0.25) is 0 Å². The van der Waals surface area contributed by atoms with Gasteiger partial charge in [-0.25, -0.2) is 4.79 Å². The van der Waals surface area contributed by atoms with Crippen LogP contribution in [0.4, 0.5) is 0 Å². The Morgan fingerprint density at radius 1 is 1.27 bits per heavy atom. The fourth-order valence-electron chi connectivity index (χ4n) is 0.958. The SMILES string of the molecule is C.CC1=NC=CC1.O=C(O)C1=NC=CC1. The van der Waals surface area contributed by atoms with Crippen LogP contribution in [0.5, 0.6) is 0 Å². The number of carboxylic acids is 1. The van der Waals surface area contributed by atoms with Crippen LogP contribution in [0, 0.1) is 0 Å². The molecule has 1 N–H and O–H groups in total. The Morgan fingerprint density at radius 2 is 1.87 bits per heavy atom. The van der Waals surface area contributed by atoms with Crippen molar-refractivity contribution in [2.75, 3.05) is 0 Å². The van der Waals surface area contributed by atoms with Gasteiger partial charge in [-0.1, -0.05) is 19.6 Å². The highest BCUT2D eigenvalue weighted by molar-refractivity contribution is 6.36. The van der Waals surface area contributed by atoms with E-state index >= 15 is 0 Å². The van der Waals surface area contributed by atoms with E-state index in [9.17, 15) is 4.79 Å². The van der Waals surface area contributed by atoms with E-state index in [1.54, 1.807) is 6.08 Å². The number of hydrogen-bond acceptors (Lipinski definition) is 3. The number of carbonyl (C=O) groups is 1. The summed E-state index contributed by atoms with van der Waals surface area (Å²) in [6.45, 7) is 2.03. The van der Waals surface area contributed by atoms with Gasteiger partial charge in [0.1, 0.15) is 5.71 Å². The molecule has 0 bridgehead atoms. The number of hydrogen-bond donors (Lipinski definition) is 1. The van der Waals surface area contributed by atoms with Gasteiger partial charge in [0.25, 0.3) is 0 Å². The highest BCUT2D eigenvalue weighted by Crippen LogP contribution is 1.98. The summed E-state index contributed by atoms with van der Waals surface area (Å²) in [5.41, 5.74) is 1.44. The van der Waals surface area contributed by atoms with Gasteiger partial charge in [-0.15, -0.1) is 0 Å². The number of rotatable bonds is 1.